The molecule has 0 amide bonds. The summed E-state index contributed by atoms with van der Waals surface area (Å²) in [6, 6.07) is 7.61. The van der Waals surface area contributed by atoms with Crippen molar-refractivity contribution in [2.45, 2.75) is 33.5 Å². The van der Waals surface area contributed by atoms with E-state index in [9.17, 15) is 9.90 Å². The average molecular weight is 418 g/mol. The Morgan fingerprint density at radius 1 is 0.867 bits per heavy atom. The highest BCUT2D eigenvalue weighted by atomic mass is 16.5. The minimum atomic E-state index is -0.880. The molecule has 2 rings (SSSR count). The number of ether oxygens (including phenoxy) is 5. The second-order valence-corrected chi connectivity index (χ2v) is 6.97. The highest BCUT2D eigenvalue weighted by Gasteiger charge is 2.26. The first kappa shape index (κ1) is 23.3. The third-order valence-corrected chi connectivity index (χ3v) is 5.02. The Balaban J connectivity index is 2.40. The fourth-order valence-electron chi connectivity index (χ4n) is 3.40. The van der Waals surface area contributed by atoms with Crippen molar-refractivity contribution in [2.75, 3.05) is 28.4 Å². The predicted octanol–water partition coefficient (Wildman–Crippen LogP) is 4.01. The van der Waals surface area contributed by atoms with Crippen LogP contribution in [0.15, 0.2) is 24.3 Å². The second-order valence-electron chi connectivity index (χ2n) is 6.97. The summed E-state index contributed by atoms with van der Waals surface area (Å²) >= 11 is 0. The first-order valence-electron chi connectivity index (χ1n) is 9.61. The zero-order chi connectivity index (χ0) is 22.3. The van der Waals surface area contributed by atoms with Crippen LogP contribution in [0.25, 0.3) is 0 Å². The van der Waals surface area contributed by atoms with E-state index in [0.717, 1.165) is 28.0 Å². The van der Waals surface area contributed by atoms with Gasteiger partial charge in [-0.05, 0) is 31.0 Å². The highest BCUT2D eigenvalue weighted by Crippen LogP contribution is 2.45. The molecule has 30 heavy (non-hydrogen) atoms. The molecular formula is C23H30O7. The number of methoxy groups -OCH3 is 4. The lowest BCUT2D eigenvalue weighted by molar-refractivity contribution is -0.141. The van der Waals surface area contributed by atoms with Crippen LogP contribution < -0.4 is 18.9 Å². The molecule has 0 aliphatic heterocycles. The normalized spacial score (nSPS) is 11.7. The van der Waals surface area contributed by atoms with E-state index < -0.39 is 11.9 Å². The molecule has 0 spiro atoms. The van der Waals surface area contributed by atoms with Gasteiger partial charge in [0.2, 0.25) is 0 Å². The van der Waals surface area contributed by atoms with Gasteiger partial charge in [0, 0.05) is 16.7 Å². The summed E-state index contributed by atoms with van der Waals surface area (Å²) in [6.45, 7) is 4.11. The van der Waals surface area contributed by atoms with Crippen LogP contribution in [0, 0.1) is 12.8 Å². The molecule has 2 aromatic carbocycles. The van der Waals surface area contributed by atoms with E-state index >= 15 is 0 Å². The summed E-state index contributed by atoms with van der Waals surface area (Å²) in [5.74, 6) is 0.954. The van der Waals surface area contributed by atoms with Crippen LogP contribution in [0.3, 0.4) is 0 Å². The van der Waals surface area contributed by atoms with Gasteiger partial charge >= 0.3 is 5.97 Å². The Morgan fingerprint density at radius 2 is 1.47 bits per heavy atom. The Hall–Kier alpha value is -2.93. The molecule has 0 fully saturated rings. The summed E-state index contributed by atoms with van der Waals surface area (Å²) in [4.78, 5) is 11.5. The van der Waals surface area contributed by atoms with E-state index in [0.29, 0.717) is 23.9 Å². The van der Waals surface area contributed by atoms with Crippen molar-refractivity contribution in [1.82, 2.24) is 0 Å². The number of hydrogen-bond donors (Lipinski definition) is 1. The second kappa shape index (κ2) is 10.7. The van der Waals surface area contributed by atoms with Gasteiger partial charge < -0.3 is 28.8 Å². The van der Waals surface area contributed by atoms with Gasteiger partial charge in [0.05, 0.1) is 47.6 Å². The van der Waals surface area contributed by atoms with Crippen LogP contribution in [0.5, 0.6) is 23.0 Å². The molecule has 0 aromatic heterocycles. The average Bonchev–Trinajstić information content (AvgIpc) is 2.75. The van der Waals surface area contributed by atoms with E-state index in [1.807, 2.05) is 31.2 Å². The van der Waals surface area contributed by atoms with Crippen LogP contribution >= 0.6 is 0 Å². The minimum absolute atomic E-state index is 0.212. The smallest absolute Gasteiger partial charge is 0.306 e. The first-order valence-corrected chi connectivity index (χ1v) is 9.61. The lowest BCUT2D eigenvalue weighted by Crippen LogP contribution is -2.16. The summed E-state index contributed by atoms with van der Waals surface area (Å²) in [6.07, 6.45) is 0.279. The molecule has 0 saturated heterocycles. The molecule has 0 aliphatic rings. The molecule has 7 nitrogen and oxygen atoms in total. The third-order valence-electron chi connectivity index (χ3n) is 5.02. The topological polar surface area (TPSA) is 83.5 Å². The van der Waals surface area contributed by atoms with Crippen molar-refractivity contribution in [2.24, 2.45) is 5.92 Å². The summed E-state index contributed by atoms with van der Waals surface area (Å²) in [5, 5.41) is 9.42. The maximum absolute atomic E-state index is 11.5. The summed E-state index contributed by atoms with van der Waals surface area (Å²) in [5.41, 5.74) is 3.21. The molecule has 1 N–H and O–H groups in total. The fraction of sp³-hybridized carbons (Fsp3) is 0.435. The Labute approximate surface area is 177 Å². The zero-order valence-corrected chi connectivity index (χ0v) is 18.4. The molecule has 1 atom stereocenters. The Kier molecular flexibility index (Phi) is 8.35. The largest absolute Gasteiger partial charge is 0.497 e. The number of carboxylic acid groups (broad SMARTS) is 1. The zero-order valence-electron chi connectivity index (χ0n) is 18.4. The number of benzene rings is 2. The number of carbonyl (C=O) groups is 1. The molecule has 0 unspecified atom stereocenters. The van der Waals surface area contributed by atoms with Gasteiger partial charge in [-0.15, -0.1) is 0 Å². The molecule has 7 heteroatoms. The first-order chi connectivity index (χ1) is 14.4. The third kappa shape index (κ3) is 5.16. The maximum Gasteiger partial charge on any atom is 0.306 e. The fourth-order valence-corrected chi connectivity index (χ4v) is 3.40. The SMILES string of the molecule is COc1ccc(COCc2c(C[C@H](C)C(=O)O)c(OC)c(C)c(OC)c2OC)cc1. The highest BCUT2D eigenvalue weighted by molar-refractivity contribution is 5.71. The Morgan fingerprint density at radius 3 is 1.97 bits per heavy atom. The van der Waals surface area contributed by atoms with Crippen LogP contribution in [-0.4, -0.2) is 39.5 Å². The monoisotopic (exact) mass is 418 g/mol. The summed E-state index contributed by atoms with van der Waals surface area (Å²) in [7, 11) is 6.30. The van der Waals surface area contributed by atoms with Gasteiger partial charge in [-0.25, -0.2) is 0 Å². The maximum atomic E-state index is 11.5. The van der Waals surface area contributed by atoms with Crippen LogP contribution in [-0.2, 0) is 29.2 Å². The molecule has 0 radical (unpaired) electrons. The van der Waals surface area contributed by atoms with Gasteiger partial charge in [0.15, 0.2) is 11.5 Å². The van der Waals surface area contributed by atoms with Gasteiger partial charge in [-0.2, -0.15) is 0 Å². The van der Waals surface area contributed by atoms with Crippen molar-refractivity contribution in [3.63, 3.8) is 0 Å². The molecule has 164 valence electrons. The number of aliphatic carboxylic acids is 1. The van der Waals surface area contributed by atoms with Crippen molar-refractivity contribution >= 4 is 5.97 Å². The van der Waals surface area contributed by atoms with Crippen LogP contribution in [0.2, 0.25) is 0 Å². The lowest BCUT2D eigenvalue weighted by Gasteiger charge is -2.23. The van der Waals surface area contributed by atoms with E-state index in [-0.39, 0.29) is 13.0 Å². The molecule has 0 heterocycles. The van der Waals surface area contributed by atoms with E-state index in [1.54, 1.807) is 35.4 Å². The Bertz CT molecular complexity index is 859. The van der Waals surface area contributed by atoms with Crippen molar-refractivity contribution in [3.8, 4) is 23.0 Å². The van der Waals surface area contributed by atoms with Gasteiger partial charge in [0.1, 0.15) is 11.5 Å². The van der Waals surface area contributed by atoms with Crippen molar-refractivity contribution in [3.05, 3.63) is 46.5 Å². The predicted molar refractivity (Wildman–Crippen MR) is 113 cm³/mol. The van der Waals surface area contributed by atoms with Crippen molar-refractivity contribution < 1.29 is 33.6 Å². The quantitative estimate of drug-likeness (QED) is 0.590. The lowest BCUT2D eigenvalue weighted by atomic mass is 9.92. The number of hydrogen-bond acceptors (Lipinski definition) is 6. The minimum Gasteiger partial charge on any atom is -0.497 e. The van der Waals surface area contributed by atoms with Crippen molar-refractivity contribution in [1.29, 1.82) is 0 Å². The molecule has 0 saturated carbocycles. The van der Waals surface area contributed by atoms with Gasteiger partial charge in [-0.3, -0.25) is 4.79 Å². The van der Waals surface area contributed by atoms with Crippen LogP contribution in [0.4, 0.5) is 0 Å². The van der Waals surface area contributed by atoms with Gasteiger partial charge in [-0.1, -0.05) is 19.1 Å². The number of carboxylic acids is 1. The molecule has 2 aromatic rings. The standard InChI is InChI=1S/C23H30O7/c1-14(23(24)25)11-18-19(13-30-12-16-7-9-17(26-3)10-8-16)22(29-6)21(28-5)15(2)20(18)27-4/h7-10,14H,11-13H2,1-6H3,(H,24,25)/t14-/m0/s1. The van der Waals surface area contributed by atoms with E-state index in [2.05, 4.69) is 0 Å². The van der Waals surface area contributed by atoms with E-state index in [4.69, 9.17) is 23.7 Å². The number of rotatable bonds is 11. The van der Waals surface area contributed by atoms with Gasteiger partial charge in [0.25, 0.3) is 0 Å². The molecule has 0 bridgehead atoms. The summed E-state index contributed by atoms with van der Waals surface area (Å²) < 4.78 is 28.0. The van der Waals surface area contributed by atoms with Crippen LogP contribution in [0.1, 0.15) is 29.2 Å². The molecule has 0 aliphatic carbocycles. The van der Waals surface area contributed by atoms with E-state index in [1.165, 1.54) is 0 Å². The molecular weight excluding hydrogens is 388 g/mol.